The summed E-state index contributed by atoms with van der Waals surface area (Å²) in [6, 6.07) is 11.5. The number of amides is 1. The maximum atomic E-state index is 12.6. The van der Waals surface area contributed by atoms with Gasteiger partial charge in [-0.25, -0.2) is 0 Å². The molecule has 0 fully saturated rings. The van der Waals surface area contributed by atoms with Crippen LogP contribution in [0.5, 0.6) is 11.5 Å². The second kappa shape index (κ2) is 9.20. The van der Waals surface area contributed by atoms with Gasteiger partial charge < -0.3 is 14.8 Å². The first-order chi connectivity index (χ1) is 12.4. The van der Waals surface area contributed by atoms with Crippen molar-refractivity contribution in [2.75, 3.05) is 7.11 Å². The molecular weight excluding hydrogens is 364 g/mol. The standard InChI is InChI=1S/C19H18ClF2NO3/c1-12(14-6-3-7-15(20)11-14)23-17(24)10-9-13-5-4-8-16(25-2)18(13)26-19(21)22/h3-12,19H,1-2H3,(H,23,24)/b10-9+. The fourth-order valence-corrected chi connectivity index (χ4v) is 2.52. The van der Waals surface area contributed by atoms with Crippen molar-refractivity contribution in [3.05, 3.63) is 64.7 Å². The Bertz CT molecular complexity index is 796. The molecule has 0 radical (unpaired) electrons. The van der Waals surface area contributed by atoms with Gasteiger partial charge >= 0.3 is 6.61 Å². The predicted molar refractivity (Wildman–Crippen MR) is 96.7 cm³/mol. The molecule has 1 atom stereocenters. The summed E-state index contributed by atoms with van der Waals surface area (Å²) >= 11 is 5.94. The molecule has 0 aromatic heterocycles. The lowest BCUT2D eigenvalue weighted by molar-refractivity contribution is -0.117. The van der Waals surface area contributed by atoms with E-state index in [9.17, 15) is 13.6 Å². The number of nitrogens with one attached hydrogen (secondary N) is 1. The third-order valence-corrected chi connectivity index (χ3v) is 3.79. The zero-order valence-corrected chi connectivity index (χ0v) is 15.0. The second-order valence-electron chi connectivity index (χ2n) is 5.38. The molecule has 1 amide bonds. The van der Waals surface area contributed by atoms with Crippen molar-refractivity contribution in [3.63, 3.8) is 0 Å². The van der Waals surface area contributed by atoms with Crippen molar-refractivity contribution in [2.45, 2.75) is 19.6 Å². The molecule has 0 bridgehead atoms. The van der Waals surface area contributed by atoms with Gasteiger partial charge in [0.05, 0.1) is 13.2 Å². The van der Waals surface area contributed by atoms with E-state index < -0.39 is 6.61 Å². The highest BCUT2D eigenvalue weighted by Gasteiger charge is 2.14. The number of ether oxygens (including phenoxy) is 2. The van der Waals surface area contributed by atoms with E-state index in [1.54, 1.807) is 30.3 Å². The molecule has 0 heterocycles. The zero-order valence-electron chi connectivity index (χ0n) is 14.2. The van der Waals surface area contributed by atoms with Crippen LogP contribution < -0.4 is 14.8 Å². The van der Waals surface area contributed by atoms with E-state index in [-0.39, 0.29) is 23.4 Å². The van der Waals surface area contributed by atoms with E-state index in [1.807, 2.05) is 13.0 Å². The van der Waals surface area contributed by atoms with Crippen molar-refractivity contribution in [1.82, 2.24) is 5.32 Å². The number of carbonyl (C=O) groups is 1. The zero-order chi connectivity index (χ0) is 19.1. The fourth-order valence-electron chi connectivity index (χ4n) is 2.33. The Morgan fingerprint density at radius 2 is 1.96 bits per heavy atom. The van der Waals surface area contributed by atoms with Crippen LogP contribution in [0.4, 0.5) is 8.78 Å². The van der Waals surface area contributed by atoms with Gasteiger partial charge in [0.2, 0.25) is 5.91 Å². The number of carbonyl (C=O) groups excluding carboxylic acids is 1. The number of para-hydroxylation sites is 1. The normalized spacial score (nSPS) is 12.2. The molecule has 0 saturated carbocycles. The van der Waals surface area contributed by atoms with Gasteiger partial charge in [0.15, 0.2) is 11.5 Å². The van der Waals surface area contributed by atoms with E-state index >= 15 is 0 Å². The van der Waals surface area contributed by atoms with Crippen LogP contribution in [0.1, 0.15) is 24.1 Å². The van der Waals surface area contributed by atoms with Crippen LogP contribution >= 0.6 is 11.6 Å². The summed E-state index contributed by atoms with van der Waals surface area (Å²) in [5, 5.41) is 3.35. The van der Waals surface area contributed by atoms with Crippen LogP contribution in [0.25, 0.3) is 6.08 Å². The second-order valence-corrected chi connectivity index (χ2v) is 5.81. The lowest BCUT2D eigenvalue weighted by atomic mass is 10.1. The van der Waals surface area contributed by atoms with E-state index in [4.69, 9.17) is 16.3 Å². The van der Waals surface area contributed by atoms with Gasteiger partial charge in [0, 0.05) is 16.7 Å². The molecule has 1 unspecified atom stereocenters. The summed E-state index contributed by atoms with van der Waals surface area (Å²) in [4.78, 5) is 12.1. The molecule has 2 aromatic rings. The average molecular weight is 382 g/mol. The van der Waals surface area contributed by atoms with E-state index in [0.717, 1.165) is 5.56 Å². The Hall–Kier alpha value is -2.60. The van der Waals surface area contributed by atoms with E-state index in [1.165, 1.54) is 25.3 Å². The van der Waals surface area contributed by atoms with E-state index in [2.05, 4.69) is 10.1 Å². The van der Waals surface area contributed by atoms with Gasteiger partial charge in [-0.2, -0.15) is 8.78 Å². The van der Waals surface area contributed by atoms with Crippen LogP contribution in [0.2, 0.25) is 5.02 Å². The highest BCUT2D eigenvalue weighted by Crippen LogP contribution is 2.33. The van der Waals surface area contributed by atoms with Gasteiger partial charge in [-0.3, -0.25) is 4.79 Å². The molecule has 0 aliphatic rings. The minimum atomic E-state index is -3.00. The van der Waals surface area contributed by atoms with Crippen molar-refractivity contribution in [1.29, 1.82) is 0 Å². The lowest BCUT2D eigenvalue weighted by Crippen LogP contribution is -2.24. The summed E-state index contributed by atoms with van der Waals surface area (Å²) in [5.74, 6) is -0.361. The Morgan fingerprint density at radius 1 is 1.23 bits per heavy atom. The molecular formula is C19H18ClF2NO3. The molecule has 7 heteroatoms. The van der Waals surface area contributed by atoms with Crippen LogP contribution in [-0.2, 0) is 4.79 Å². The summed E-state index contributed by atoms with van der Waals surface area (Å²) in [6.45, 7) is -1.19. The van der Waals surface area contributed by atoms with Gasteiger partial charge in [-0.05, 0) is 36.8 Å². The summed E-state index contributed by atoms with van der Waals surface area (Å²) in [7, 11) is 1.35. The minimum Gasteiger partial charge on any atom is -0.493 e. The maximum Gasteiger partial charge on any atom is 0.387 e. The Kier molecular flexibility index (Phi) is 6.97. The Morgan fingerprint density at radius 3 is 2.62 bits per heavy atom. The highest BCUT2D eigenvalue weighted by molar-refractivity contribution is 6.30. The maximum absolute atomic E-state index is 12.6. The number of benzene rings is 2. The third-order valence-electron chi connectivity index (χ3n) is 3.56. The van der Waals surface area contributed by atoms with Crippen molar-refractivity contribution >= 4 is 23.6 Å². The molecule has 0 spiro atoms. The minimum absolute atomic E-state index is 0.128. The number of hydrogen-bond acceptors (Lipinski definition) is 3. The first kappa shape index (κ1) is 19.7. The largest absolute Gasteiger partial charge is 0.493 e. The number of halogens is 3. The van der Waals surface area contributed by atoms with Crippen molar-refractivity contribution in [3.8, 4) is 11.5 Å². The number of rotatable bonds is 7. The van der Waals surface area contributed by atoms with Crippen molar-refractivity contribution in [2.24, 2.45) is 0 Å². The molecule has 26 heavy (non-hydrogen) atoms. The number of methoxy groups -OCH3 is 1. The first-order valence-electron chi connectivity index (χ1n) is 7.76. The SMILES string of the molecule is COc1cccc(/C=C/C(=O)NC(C)c2cccc(Cl)c2)c1OC(F)F. The smallest absolute Gasteiger partial charge is 0.387 e. The predicted octanol–water partition coefficient (Wildman–Crippen LogP) is 4.84. The third kappa shape index (κ3) is 5.46. The topological polar surface area (TPSA) is 47.6 Å². The summed E-state index contributed by atoms with van der Waals surface area (Å²) in [5.41, 5.74) is 1.15. The average Bonchev–Trinajstić information content (AvgIpc) is 2.60. The Balaban J connectivity index is 2.12. The van der Waals surface area contributed by atoms with Crippen molar-refractivity contribution < 1.29 is 23.0 Å². The quantitative estimate of drug-likeness (QED) is 0.698. The van der Waals surface area contributed by atoms with Crippen LogP contribution in [0.15, 0.2) is 48.5 Å². The molecule has 1 N–H and O–H groups in total. The summed E-state index contributed by atoms with van der Waals surface area (Å²) < 4.78 is 34.8. The van der Waals surface area contributed by atoms with Gasteiger partial charge in [0.25, 0.3) is 0 Å². The molecule has 4 nitrogen and oxygen atoms in total. The monoisotopic (exact) mass is 381 g/mol. The van der Waals surface area contributed by atoms with Crippen LogP contribution in [-0.4, -0.2) is 19.6 Å². The number of hydrogen-bond donors (Lipinski definition) is 1. The van der Waals surface area contributed by atoms with Crippen LogP contribution in [0, 0.1) is 0 Å². The summed E-state index contributed by atoms with van der Waals surface area (Å²) in [6.07, 6.45) is 2.63. The molecule has 0 aliphatic heterocycles. The van der Waals surface area contributed by atoms with Crippen LogP contribution in [0.3, 0.4) is 0 Å². The lowest BCUT2D eigenvalue weighted by Gasteiger charge is -2.14. The highest BCUT2D eigenvalue weighted by atomic mass is 35.5. The van der Waals surface area contributed by atoms with Gasteiger partial charge in [0.1, 0.15) is 0 Å². The molecule has 2 aromatic carbocycles. The molecule has 0 saturated heterocycles. The van der Waals surface area contributed by atoms with Gasteiger partial charge in [-0.15, -0.1) is 0 Å². The van der Waals surface area contributed by atoms with Gasteiger partial charge in [-0.1, -0.05) is 35.9 Å². The first-order valence-corrected chi connectivity index (χ1v) is 8.14. The fraction of sp³-hybridized carbons (Fsp3) is 0.211. The Labute approximate surface area is 155 Å². The molecule has 0 aliphatic carbocycles. The van der Waals surface area contributed by atoms with E-state index in [0.29, 0.717) is 10.6 Å². The molecule has 138 valence electrons. The number of alkyl halides is 2. The molecule has 2 rings (SSSR count).